The summed E-state index contributed by atoms with van der Waals surface area (Å²) in [5, 5.41) is 4.69. The molecule has 1 aromatic heterocycles. The molecule has 0 radical (unpaired) electrons. The molecule has 1 unspecified atom stereocenters. The molecule has 86 valence electrons. The number of fused-ring (bicyclic) bond motifs is 1. The third-order valence-electron chi connectivity index (χ3n) is 3.39. The molecule has 0 aliphatic carbocycles. The van der Waals surface area contributed by atoms with Gasteiger partial charge in [0.05, 0.1) is 0 Å². The van der Waals surface area contributed by atoms with Crippen LogP contribution in [0.5, 0.6) is 0 Å². The minimum Gasteiger partial charge on any atom is -0.343 e. The first-order chi connectivity index (χ1) is 7.69. The average Bonchev–Trinajstić information content (AvgIpc) is 2.68. The quantitative estimate of drug-likeness (QED) is 0.833. The molecule has 0 bridgehead atoms. The summed E-state index contributed by atoms with van der Waals surface area (Å²) in [5.41, 5.74) is 4.07. The molecule has 0 aliphatic heterocycles. The molecule has 1 atom stereocenters. The standard InChI is InChI=1S/C14H20N2/c1-5-16-13-8-6-7-10(2)12(13)9-14(16)11(3)15-4/h6-9,11,15H,5H2,1-4H3. The lowest BCUT2D eigenvalue weighted by Crippen LogP contribution is -2.16. The summed E-state index contributed by atoms with van der Waals surface area (Å²) in [6, 6.07) is 9.23. The molecule has 0 fully saturated rings. The Kier molecular flexibility index (Phi) is 3.01. The van der Waals surface area contributed by atoms with Gasteiger partial charge in [-0.3, -0.25) is 0 Å². The van der Waals surface area contributed by atoms with Gasteiger partial charge in [0.15, 0.2) is 0 Å². The van der Waals surface area contributed by atoms with Crippen molar-refractivity contribution in [2.45, 2.75) is 33.4 Å². The average molecular weight is 216 g/mol. The van der Waals surface area contributed by atoms with E-state index in [1.807, 2.05) is 7.05 Å². The Bertz CT molecular complexity index is 497. The van der Waals surface area contributed by atoms with Crippen molar-refractivity contribution in [2.75, 3.05) is 7.05 Å². The Hall–Kier alpha value is -1.28. The second-order valence-corrected chi connectivity index (χ2v) is 4.33. The van der Waals surface area contributed by atoms with Gasteiger partial charge in [-0.15, -0.1) is 0 Å². The van der Waals surface area contributed by atoms with Crippen LogP contribution in [0.1, 0.15) is 31.1 Å². The number of aromatic nitrogens is 1. The molecule has 0 aliphatic rings. The van der Waals surface area contributed by atoms with E-state index in [9.17, 15) is 0 Å². The predicted molar refractivity (Wildman–Crippen MR) is 69.8 cm³/mol. The fourth-order valence-electron chi connectivity index (χ4n) is 2.31. The van der Waals surface area contributed by atoms with Gasteiger partial charge in [-0.1, -0.05) is 12.1 Å². The highest BCUT2D eigenvalue weighted by Gasteiger charge is 2.12. The molecule has 16 heavy (non-hydrogen) atoms. The highest BCUT2D eigenvalue weighted by atomic mass is 15.0. The number of benzene rings is 1. The van der Waals surface area contributed by atoms with Crippen LogP contribution in [-0.4, -0.2) is 11.6 Å². The molecule has 0 saturated heterocycles. The largest absolute Gasteiger partial charge is 0.343 e. The van der Waals surface area contributed by atoms with E-state index in [2.05, 4.69) is 54.9 Å². The fourth-order valence-corrected chi connectivity index (χ4v) is 2.31. The minimum absolute atomic E-state index is 0.395. The van der Waals surface area contributed by atoms with Crippen molar-refractivity contribution in [1.82, 2.24) is 9.88 Å². The second kappa shape index (κ2) is 4.30. The summed E-state index contributed by atoms with van der Waals surface area (Å²) in [5.74, 6) is 0. The monoisotopic (exact) mass is 216 g/mol. The molecular formula is C14H20N2. The maximum absolute atomic E-state index is 3.32. The Balaban J connectivity index is 2.71. The smallest absolute Gasteiger partial charge is 0.0485 e. The van der Waals surface area contributed by atoms with Crippen LogP contribution in [0.4, 0.5) is 0 Å². The number of aryl methyl sites for hydroxylation is 2. The van der Waals surface area contributed by atoms with Crippen LogP contribution in [0.25, 0.3) is 10.9 Å². The van der Waals surface area contributed by atoms with Crippen LogP contribution in [0.2, 0.25) is 0 Å². The van der Waals surface area contributed by atoms with E-state index in [4.69, 9.17) is 0 Å². The molecule has 0 saturated carbocycles. The molecule has 0 spiro atoms. The lowest BCUT2D eigenvalue weighted by molar-refractivity contribution is 0.589. The maximum Gasteiger partial charge on any atom is 0.0485 e. The van der Waals surface area contributed by atoms with E-state index in [0.717, 1.165) is 6.54 Å². The first-order valence-corrected chi connectivity index (χ1v) is 5.95. The van der Waals surface area contributed by atoms with E-state index >= 15 is 0 Å². The van der Waals surface area contributed by atoms with Crippen molar-refractivity contribution in [1.29, 1.82) is 0 Å². The van der Waals surface area contributed by atoms with Gasteiger partial charge in [0.25, 0.3) is 0 Å². The Labute approximate surface area is 97.3 Å². The van der Waals surface area contributed by atoms with Gasteiger partial charge in [0.1, 0.15) is 0 Å². The Morgan fingerprint density at radius 3 is 2.75 bits per heavy atom. The summed E-state index contributed by atoms with van der Waals surface area (Å²) in [6.45, 7) is 7.60. The zero-order valence-electron chi connectivity index (χ0n) is 10.5. The highest BCUT2D eigenvalue weighted by Crippen LogP contribution is 2.26. The van der Waals surface area contributed by atoms with Crippen LogP contribution < -0.4 is 5.32 Å². The van der Waals surface area contributed by atoms with Crippen molar-refractivity contribution >= 4 is 10.9 Å². The van der Waals surface area contributed by atoms with Crippen molar-refractivity contribution in [3.05, 3.63) is 35.5 Å². The van der Waals surface area contributed by atoms with E-state index < -0.39 is 0 Å². The molecule has 2 heteroatoms. The molecule has 1 heterocycles. The number of hydrogen-bond acceptors (Lipinski definition) is 1. The molecule has 0 amide bonds. The number of rotatable bonds is 3. The Morgan fingerprint density at radius 1 is 1.38 bits per heavy atom. The SMILES string of the molecule is CCn1c(C(C)NC)cc2c(C)cccc21. The van der Waals surface area contributed by atoms with E-state index in [0.29, 0.717) is 6.04 Å². The van der Waals surface area contributed by atoms with E-state index in [1.165, 1.54) is 22.2 Å². The van der Waals surface area contributed by atoms with Crippen LogP contribution >= 0.6 is 0 Å². The number of hydrogen-bond donors (Lipinski definition) is 1. The summed E-state index contributed by atoms with van der Waals surface area (Å²) in [4.78, 5) is 0. The van der Waals surface area contributed by atoms with E-state index in [-0.39, 0.29) is 0 Å². The van der Waals surface area contributed by atoms with Gasteiger partial charge in [-0.25, -0.2) is 0 Å². The van der Waals surface area contributed by atoms with Gasteiger partial charge < -0.3 is 9.88 Å². The van der Waals surface area contributed by atoms with E-state index in [1.54, 1.807) is 0 Å². The second-order valence-electron chi connectivity index (χ2n) is 4.33. The van der Waals surface area contributed by atoms with Crippen molar-refractivity contribution in [3.63, 3.8) is 0 Å². The summed E-state index contributed by atoms with van der Waals surface area (Å²) >= 11 is 0. The zero-order valence-corrected chi connectivity index (χ0v) is 10.5. The van der Waals surface area contributed by atoms with Crippen molar-refractivity contribution < 1.29 is 0 Å². The first kappa shape index (κ1) is 11.2. The first-order valence-electron chi connectivity index (χ1n) is 5.95. The van der Waals surface area contributed by atoms with Crippen LogP contribution in [0.15, 0.2) is 24.3 Å². The predicted octanol–water partition coefficient (Wildman–Crippen LogP) is 3.25. The minimum atomic E-state index is 0.395. The van der Waals surface area contributed by atoms with Gasteiger partial charge in [-0.2, -0.15) is 0 Å². The highest BCUT2D eigenvalue weighted by molar-refractivity contribution is 5.84. The van der Waals surface area contributed by atoms with Crippen molar-refractivity contribution in [2.24, 2.45) is 0 Å². The lowest BCUT2D eigenvalue weighted by atomic mass is 10.1. The molecule has 2 rings (SSSR count). The summed E-state index contributed by atoms with van der Waals surface area (Å²) in [6.07, 6.45) is 0. The van der Waals surface area contributed by atoms with Gasteiger partial charge in [0.2, 0.25) is 0 Å². The van der Waals surface area contributed by atoms with Gasteiger partial charge in [0, 0.05) is 29.2 Å². The molecule has 1 aromatic carbocycles. The van der Waals surface area contributed by atoms with Crippen molar-refractivity contribution in [3.8, 4) is 0 Å². The molecule has 2 nitrogen and oxygen atoms in total. The summed E-state index contributed by atoms with van der Waals surface area (Å²) in [7, 11) is 2.01. The van der Waals surface area contributed by atoms with Gasteiger partial charge in [-0.05, 0) is 45.5 Å². The fraction of sp³-hybridized carbons (Fsp3) is 0.429. The number of nitrogens with zero attached hydrogens (tertiary/aromatic N) is 1. The molecule has 2 aromatic rings. The molecule has 1 N–H and O–H groups in total. The summed E-state index contributed by atoms with van der Waals surface area (Å²) < 4.78 is 2.39. The Morgan fingerprint density at radius 2 is 2.12 bits per heavy atom. The van der Waals surface area contributed by atoms with Crippen LogP contribution in [0.3, 0.4) is 0 Å². The maximum atomic E-state index is 3.32. The number of nitrogens with one attached hydrogen (secondary N) is 1. The third kappa shape index (κ3) is 1.63. The normalized spacial score (nSPS) is 13.2. The van der Waals surface area contributed by atoms with Crippen LogP contribution in [0, 0.1) is 6.92 Å². The third-order valence-corrected chi connectivity index (χ3v) is 3.39. The topological polar surface area (TPSA) is 17.0 Å². The van der Waals surface area contributed by atoms with Crippen LogP contribution in [-0.2, 0) is 6.54 Å². The molecular weight excluding hydrogens is 196 g/mol. The zero-order chi connectivity index (χ0) is 11.7. The lowest BCUT2D eigenvalue weighted by Gasteiger charge is -2.13. The van der Waals surface area contributed by atoms with Gasteiger partial charge >= 0.3 is 0 Å².